The largest absolute Gasteiger partial charge is 0.478 e. The smallest absolute Gasteiger partial charge is 0.328 e. The third-order valence-electron chi connectivity index (χ3n) is 6.60. The van der Waals surface area contributed by atoms with E-state index in [9.17, 15) is 36.7 Å². The minimum absolute atomic E-state index is 0.0838. The van der Waals surface area contributed by atoms with E-state index in [1.165, 1.54) is 18.2 Å². The zero-order valence-corrected chi connectivity index (χ0v) is 21.1. The summed E-state index contributed by atoms with van der Waals surface area (Å²) in [6.45, 7) is 1.36. The number of aliphatic carboxylic acids is 2. The minimum Gasteiger partial charge on any atom is -0.478 e. The molecule has 9 nitrogen and oxygen atoms in total. The number of benzene rings is 2. The van der Waals surface area contributed by atoms with Crippen LogP contribution in [0.1, 0.15) is 28.8 Å². The first-order valence-electron chi connectivity index (χ1n) is 12.2. The number of halogens is 4. The predicted octanol–water partition coefficient (Wildman–Crippen LogP) is 2.59. The zero-order chi connectivity index (χ0) is 29.6. The maximum absolute atomic E-state index is 13.9. The molecule has 2 heterocycles. The lowest BCUT2D eigenvalue weighted by Crippen LogP contribution is -2.43. The SMILES string of the molecule is NC(CC(=O)N1CC[C@H]2CN(C(=O)c3cccc(F)c3)C[C@H]21)Cc1cc(F)c(F)cc1F.O=C(O)C=CC(=O)O. The van der Waals surface area contributed by atoms with Crippen LogP contribution in [-0.2, 0) is 20.8 Å². The van der Waals surface area contributed by atoms with Crippen LogP contribution >= 0.6 is 0 Å². The summed E-state index contributed by atoms with van der Waals surface area (Å²) in [6, 6.07) is 5.78. The van der Waals surface area contributed by atoms with Crippen LogP contribution in [0.15, 0.2) is 48.6 Å². The fourth-order valence-electron chi connectivity index (χ4n) is 4.80. The van der Waals surface area contributed by atoms with Crippen molar-refractivity contribution in [3.8, 4) is 0 Å². The number of hydrogen-bond donors (Lipinski definition) is 3. The van der Waals surface area contributed by atoms with E-state index in [2.05, 4.69) is 0 Å². The Morgan fingerprint density at radius 2 is 1.60 bits per heavy atom. The van der Waals surface area contributed by atoms with Gasteiger partial charge in [-0.05, 0) is 42.7 Å². The molecule has 0 radical (unpaired) electrons. The third kappa shape index (κ3) is 7.88. The van der Waals surface area contributed by atoms with E-state index in [0.717, 1.165) is 12.5 Å². The molecule has 0 bridgehead atoms. The molecule has 2 saturated heterocycles. The van der Waals surface area contributed by atoms with Crippen molar-refractivity contribution in [2.45, 2.75) is 31.3 Å². The first-order chi connectivity index (χ1) is 18.8. The predicted molar refractivity (Wildman–Crippen MR) is 133 cm³/mol. The maximum Gasteiger partial charge on any atom is 0.328 e. The molecule has 214 valence electrons. The summed E-state index contributed by atoms with van der Waals surface area (Å²) in [5, 5.41) is 15.6. The molecule has 2 aliphatic rings. The van der Waals surface area contributed by atoms with Crippen molar-refractivity contribution in [3.05, 3.63) is 82.9 Å². The second-order valence-electron chi connectivity index (χ2n) is 9.46. The van der Waals surface area contributed by atoms with Crippen LogP contribution in [0.25, 0.3) is 0 Å². The molecule has 13 heteroatoms. The fraction of sp³-hybridized carbons (Fsp3) is 0.333. The average Bonchev–Trinajstić information content (AvgIpc) is 3.47. The first kappa shape index (κ1) is 30.3. The van der Waals surface area contributed by atoms with E-state index in [0.29, 0.717) is 37.9 Å². The van der Waals surface area contributed by atoms with E-state index in [-0.39, 0.29) is 47.7 Å². The molecule has 2 aromatic rings. The average molecular weight is 566 g/mol. The van der Waals surface area contributed by atoms with Gasteiger partial charge in [-0.3, -0.25) is 9.59 Å². The van der Waals surface area contributed by atoms with Crippen molar-refractivity contribution in [2.75, 3.05) is 19.6 Å². The first-order valence-corrected chi connectivity index (χ1v) is 12.2. The molecule has 4 N–H and O–H groups in total. The number of carbonyl (C=O) groups excluding carboxylic acids is 2. The monoisotopic (exact) mass is 565 g/mol. The number of carboxylic acids is 2. The van der Waals surface area contributed by atoms with Crippen LogP contribution in [0.5, 0.6) is 0 Å². The minimum atomic E-state index is -1.28. The highest BCUT2D eigenvalue weighted by atomic mass is 19.2. The van der Waals surface area contributed by atoms with Gasteiger partial charge in [-0.1, -0.05) is 6.07 Å². The normalized spacial score (nSPS) is 18.7. The summed E-state index contributed by atoms with van der Waals surface area (Å²) in [4.78, 5) is 48.0. The Morgan fingerprint density at radius 3 is 2.23 bits per heavy atom. The van der Waals surface area contributed by atoms with Gasteiger partial charge in [0.2, 0.25) is 5.91 Å². The highest BCUT2D eigenvalue weighted by molar-refractivity contribution is 5.94. The van der Waals surface area contributed by atoms with E-state index < -0.39 is 41.2 Å². The molecule has 0 aliphatic carbocycles. The van der Waals surface area contributed by atoms with Gasteiger partial charge in [0.15, 0.2) is 11.6 Å². The fourth-order valence-corrected chi connectivity index (χ4v) is 4.80. The number of nitrogens with zero attached hydrogens (tertiary/aromatic N) is 2. The lowest BCUT2D eigenvalue weighted by atomic mass is 10.0. The Labute approximate surface area is 226 Å². The van der Waals surface area contributed by atoms with Gasteiger partial charge in [-0.15, -0.1) is 0 Å². The quantitative estimate of drug-likeness (QED) is 0.266. The van der Waals surface area contributed by atoms with Gasteiger partial charge in [0, 0.05) is 61.8 Å². The van der Waals surface area contributed by atoms with Crippen LogP contribution in [0.3, 0.4) is 0 Å². The lowest BCUT2D eigenvalue weighted by molar-refractivity contribution is -0.134. The molecule has 3 atom stereocenters. The van der Waals surface area contributed by atoms with E-state index in [1.54, 1.807) is 15.9 Å². The van der Waals surface area contributed by atoms with Crippen molar-refractivity contribution >= 4 is 23.8 Å². The van der Waals surface area contributed by atoms with Gasteiger partial charge in [-0.2, -0.15) is 0 Å². The molecular formula is C27H27F4N3O6. The maximum atomic E-state index is 13.9. The molecule has 2 fully saturated rings. The molecule has 0 saturated carbocycles. The second-order valence-corrected chi connectivity index (χ2v) is 9.46. The Morgan fingerprint density at radius 1 is 0.950 bits per heavy atom. The van der Waals surface area contributed by atoms with E-state index >= 15 is 0 Å². The molecule has 2 aliphatic heterocycles. The zero-order valence-electron chi connectivity index (χ0n) is 21.1. The number of likely N-dealkylation sites (tertiary alicyclic amines) is 2. The van der Waals surface area contributed by atoms with Crippen molar-refractivity contribution < 1.29 is 47.0 Å². The number of hydrogen-bond acceptors (Lipinski definition) is 5. The van der Waals surface area contributed by atoms with Gasteiger partial charge in [-0.25, -0.2) is 27.2 Å². The Balaban J connectivity index is 0.000000482. The van der Waals surface area contributed by atoms with Crippen LogP contribution in [0.2, 0.25) is 0 Å². The Bertz CT molecular complexity index is 1310. The summed E-state index contributed by atoms with van der Waals surface area (Å²) in [5.41, 5.74) is 6.18. The molecule has 40 heavy (non-hydrogen) atoms. The molecule has 2 aromatic carbocycles. The molecule has 1 unspecified atom stereocenters. The van der Waals surface area contributed by atoms with Crippen LogP contribution < -0.4 is 5.73 Å². The molecule has 2 amide bonds. The van der Waals surface area contributed by atoms with Crippen LogP contribution in [0, 0.1) is 29.2 Å². The summed E-state index contributed by atoms with van der Waals surface area (Å²) in [7, 11) is 0. The number of nitrogens with two attached hydrogens (primary N) is 1. The van der Waals surface area contributed by atoms with Crippen LogP contribution in [0.4, 0.5) is 17.6 Å². The number of carbonyl (C=O) groups is 4. The molecular weight excluding hydrogens is 538 g/mol. The van der Waals surface area contributed by atoms with Crippen molar-refractivity contribution in [1.82, 2.24) is 9.80 Å². The summed E-state index contributed by atoms with van der Waals surface area (Å²) < 4.78 is 53.8. The standard InChI is InChI=1S/C23H23F4N3O2.C4H4O4/c24-16-3-1-2-13(6-16)23(32)29-11-14-4-5-30(21(14)12-29)22(31)9-17(28)7-15-8-19(26)20(27)10-18(15)25;5-3(6)1-2-4(7)8/h1-3,6,8,10,14,17,21H,4-5,7,9,11-12,28H2;1-2H,(H,5,6)(H,7,8)/t14-,17?,21+;/m0./s1. The molecule has 4 rings (SSSR count). The molecule has 0 aromatic heterocycles. The van der Waals surface area contributed by atoms with E-state index in [1.807, 2.05) is 0 Å². The number of amides is 2. The topological polar surface area (TPSA) is 141 Å². The Kier molecular flexibility index (Phi) is 9.99. The lowest BCUT2D eigenvalue weighted by Gasteiger charge is -2.26. The highest BCUT2D eigenvalue weighted by Crippen LogP contribution is 2.33. The van der Waals surface area contributed by atoms with Gasteiger partial charge >= 0.3 is 11.9 Å². The number of carboxylic acid groups (broad SMARTS) is 2. The van der Waals surface area contributed by atoms with Crippen LogP contribution in [-0.4, -0.2) is 75.5 Å². The highest BCUT2D eigenvalue weighted by Gasteiger charge is 2.44. The summed E-state index contributed by atoms with van der Waals surface area (Å²) in [5.74, 6) is -6.75. The number of rotatable bonds is 7. The van der Waals surface area contributed by atoms with Gasteiger partial charge < -0.3 is 25.7 Å². The van der Waals surface area contributed by atoms with E-state index in [4.69, 9.17) is 15.9 Å². The van der Waals surface area contributed by atoms with Crippen molar-refractivity contribution in [3.63, 3.8) is 0 Å². The number of fused-ring (bicyclic) bond motifs is 1. The van der Waals surface area contributed by atoms with Gasteiger partial charge in [0.05, 0.1) is 6.04 Å². The van der Waals surface area contributed by atoms with Crippen molar-refractivity contribution in [2.24, 2.45) is 11.7 Å². The summed E-state index contributed by atoms with van der Waals surface area (Å²) in [6.07, 6.45) is 1.65. The Hall–Kier alpha value is -4.26. The second kappa shape index (κ2) is 13.2. The molecule has 0 spiro atoms. The van der Waals surface area contributed by atoms with Crippen molar-refractivity contribution in [1.29, 1.82) is 0 Å². The van der Waals surface area contributed by atoms with Gasteiger partial charge in [0.25, 0.3) is 5.91 Å². The summed E-state index contributed by atoms with van der Waals surface area (Å²) >= 11 is 0. The van der Waals surface area contributed by atoms with Gasteiger partial charge in [0.1, 0.15) is 11.6 Å². The third-order valence-corrected chi connectivity index (χ3v) is 6.60.